The van der Waals surface area contributed by atoms with Crippen LogP contribution in [-0.2, 0) is 6.54 Å². The van der Waals surface area contributed by atoms with E-state index in [4.69, 9.17) is 0 Å². The molecule has 2 aromatic rings. The maximum Gasteiger partial charge on any atom is 0.0715 e. The van der Waals surface area contributed by atoms with Gasteiger partial charge in [0.1, 0.15) is 0 Å². The summed E-state index contributed by atoms with van der Waals surface area (Å²) < 4.78 is 1.32. The molecule has 1 aromatic carbocycles. The Morgan fingerprint density at radius 2 is 2.06 bits per heavy atom. The van der Waals surface area contributed by atoms with Crippen LogP contribution in [0.2, 0.25) is 0 Å². The summed E-state index contributed by atoms with van der Waals surface area (Å²) in [5, 5.41) is 14.1. The van der Waals surface area contributed by atoms with E-state index in [1.165, 1.54) is 15.0 Å². The van der Waals surface area contributed by atoms with E-state index in [1.807, 2.05) is 13.8 Å². The number of fused-ring (bicyclic) bond motifs is 1. The van der Waals surface area contributed by atoms with Crippen molar-refractivity contribution in [3.63, 3.8) is 0 Å². The van der Waals surface area contributed by atoms with Gasteiger partial charge in [-0.25, -0.2) is 0 Å². The normalized spacial score (nSPS) is 12.2. The zero-order valence-corrected chi connectivity index (χ0v) is 10.5. The molecule has 2 N–H and O–H groups in total. The highest BCUT2D eigenvalue weighted by Gasteiger charge is 2.11. The number of hydrogen-bond donors (Lipinski definition) is 2. The van der Waals surface area contributed by atoms with Crippen molar-refractivity contribution in [1.29, 1.82) is 0 Å². The molecule has 0 aliphatic carbocycles. The van der Waals surface area contributed by atoms with E-state index in [2.05, 4.69) is 35.6 Å². The van der Waals surface area contributed by atoms with Crippen molar-refractivity contribution < 1.29 is 5.11 Å². The summed E-state index contributed by atoms with van der Waals surface area (Å²) >= 11 is 1.80. The van der Waals surface area contributed by atoms with Gasteiger partial charge in [-0.2, -0.15) is 0 Å². The molecule has 3 heteroatoms. The van der Waals surface area contributed by atoms with Crippen molar-refractivity contribution in [2.45, 2.75) is 26.0 Å². The summed E-state index contributed by atoms with van der Waals surface area (Å²) in [4.78, 5) is 1.31. The predicted molar refractivity (Wildman–Crippen MR) is 69.8 cm³/mol. The average molecular weight is 235 g/mol. The number of aliphatic hydroxyl groups is 1. The van der Waals surface area contributed by atoms with Gasteiger partial charge < -0.3 is 10.4 Å². The lowest BCUT2D eigenvalue weighted by Crippen LogP contribution is -2.34. The smallest absolute Gasteiger partial charge is 0.0715 e. The molecule has 0 bridgehead atoms. The van der Waals surface area contributed by atoms with Crippen molar-refractivity contribution in [2.75, 3.05) is 6.54 Å². The second-order valence-electron chi connectivity index (χ2n) is 4.67. The first-order valence-electron chi connectivity index (χ1n) is 5.45. The van der Waals surface area contributed by atoms with Crippen molar-refractivity contribution >= 4 is 21.4 Å². The number of thiophene rings is 1. The van der Waals surface area contributed by atoms with E-state index < -0.39 is 5.60 Å². The molecule has 2 rings (SSSR count). The van der Waals surface area contributed by atoms with E-state index in [0.717, 1.165) is 6.54 Å². The molecule has 0 spiro atoms. The Balaban J connectivity index is 2.00. The second-order valence-corrected chi connectivity index (χ2v) is 5.83. The van der Waals surface area contributed by atoms with Gasteiger partial charge in [0, 0.05) is 22.7 Å². The van der Waals surface area contributed by atoms with Crippen molar-refractivity contribution in [2.24, 2.45) is 0 Å². The van der Waals surface area contributed by atoms with Crippen LogP contribution in [0.15, 0.2) is 30.3 Å². The Labute approximate surface area is 99.9 Å². The van der Waals surface area contributed by atoms with Crippen LogP contribution >= 0.6 is 11.3 Å². The fourth-order valence-electron chi connectivity index (χ4n) is 1.62. The van der Waals surface area contributed by atoms with Gasteiger partial charge >= 0.3 is 0 Å². The zero-order valence-electron chi connectivity index (χ0n) is 9.66. The zero-order chi connectivity index (χ0) is 11.6. The van der Waals surface area contributed by atoms with Crippen LogP contribution in [0.25, 0.3) is 10.1 Å². The number of hydrogen-bond acceptors (Lipinski definition) is 3. The average Bonchev–Trinajstić information content (AvgIpc) is 2.57. The van der Waals surface area contributed by atoms with Crippen LogP contribution in [0.1, 0.15) is 18.7 Å². The summed E-state index contributed by atoms with van der Waals surface area (Å²) in [5.74, 6) is 0. The fourth-order valence-corrected chi connectivity index (χ4v) is 2.65. The molecular formula is C13H17NOS. The maximum atomic E-state index is 9.58. The molecule has 86 valence electrons. The van der Waals surface area contributed by atoms with E-state index in [1.54, 1.807) is 11.3 Å². The van der Waals surface area contributed by atoms with E-state index in [9.17, 15) is 5.11 Å². The van der Waals surface area contributed by atoms with Gasteiger partial charge in [0.25, 0.3) is 0 Å². The molecule has 0 atom stereocenters. The third-order valence-corrected chi connectivity index (χ3v) is 3.45. The van der Waals surface area contributed by atoms with Crippen LogP contribution in [0, 0.1) is 0 Å². The molecule has 2 nitrogen and oxygen atoms in total. The molecular weight excluding hydrogens is 218 g/mol. The summed E-state index contributed by atoms with van der Waals surface area (Å²) in [5.41, 5.74) is -0.642. The van der Waals surface area contributed by atoms with Crippen LogP contribution in [0.4, 0.5) is 0 Å². The molecule has 0 radical (unpaired) electrons. The van der Waals surface area contributed by atoms with E-state index >= 15 is 0 Å². The molecule has 1 aromatic heterocycles. The predicted octanol–water partition coefficient (Wildman–Crippen LogP) is 2.76. The Morgan fingerprint density at radius 1 is 1.31 bits per heavy atom. The minimum Gasteiger partial charge on any atom is -0.389 e. The first-order valence-corrected chi connectivity index (χ1v) is 6.27. The van der Waals surface area contributed by atoms with Crippen molar-refractivity contribution in [1.82, 2.24) is 5.32 Å². The van der Waals surface area contributed by atoms with E-state index in [0.29, 0.717) is 6.54 Å². The summed E-state index contributed by atoms with van der Waals surface area (Å²) in [6.45, 7) is 5.06. The first-order chi connectivity index (χ1) is 7.54. The molecule has 0 saturated heterocycles. The standard InChI is InChI=1S/C13H17NOS/c1-13(2,15)9-14-8-11-7-10-5-3-4-6-12(10)16-11/h3-7,14-15H,8-9H2,1-2H3. The maximum absolute atomic E-state index is 9.58. The number of rotatable bonds is 4. The Kier molecular flexibility index (Phi) is 3.28. The second kappa shape index (κ2) is 4.53. The van der Waals surface area contributed by atoms with Gasteiger partial charge in [-0.3, -0.25) is 0 Å². The van der Waals surface area contributed by atoms with Gasteiger partial charge in [-0.1, -0.05) is 18.2 Å². The van der Waals surface area contributed by atoms with Gasteiger partial charge in [0.2, 0.25) is 0 Å². The van der Waals surface area contributed by atoms with Crippen molar-refractivity contribution in [3.8, 4) is 0 Å². The third kappa shape index (κ3) is 3.04. The molecule has 0 unspecified atom stereocenters. The number of benzene rings is 1. The van der Waals surface area contributed by atoms with E-state index in [-0.39, 0.29) is 0 Å². The molecule has 0 amide bonds. The Morgan fingerprint density at radius 3 is 2.75 bits per heavy atom. The minimum absolute atomic E-state index is 0.612. The van der Waals surface area contributed by atoms with Crippen LogP contribution in [0.5, 0.6) is 0 Å². The summed E-state index contributed by atoms with van der Waals surface area (Å²) in [7, 11) is 0. The minimum atomic E-state index is -0.642. The quantitative estimate of drug-likeness (QED) is 0.854. The van der Waals surface area contributed by atoms with Crippen LogP contribution in [0.3, 0.4) is 0 Å². The third-order valence-electron chi connectivity index (χ3n) is 2.33. The highest BCUT2D eigenvalue weighted by molar-refractivity contribution is 7.19. The summed E-state index contributed by atoms with van der Waals surface area (Å²) in [6, 6.07) is 10.6. The van der Waals surface area contributed by atoms with Gasteiger partial charge in [-0.05, 0) is 31.4 Å². The van der Waals surface area contributed by atoms with Crippen LogP contribution in [-0.4, -0.2) is 17.3 Å². The lowest BCUT2D eigenvalue weighted by Gasteiger charge is -2.17. The first kappa shape index (κ1) is 11.6. The lowest BCUT2D eigenvalue weighted by molar-refractivity contribution is 0.0796. The van der Waals surface area contributed by atoms with Gasteiger partial charge in [0.05, 0.1) is 5.60 Å². The summed E-state index contributed by atoms with van der Waals surface area (Å²) in [6.07, 6.45) is 0. The highest BCUT2D eigenvalue weighted by Crippen LogP contribution is 2.24. The Bertz CT molecular complexity index is 437. The molecule has 0 aliphatic rings. The lowest BCUT2D eigenvalue weighted by atomic mass is 10.1. The molecule has 0 fully saturated rings. The van der Waals surface area contributed by atoms with Gasteiger partial charge in [0.15, 0.2) is 0 Å². The molecule has 16 heavy (non-hydrogen) atoms. The van der Waals surface area contributed by atoms with Crippen molar-refractivity contribution in [3.05, 3.63) is 35.2 Å². The number of nitrogens with one attached hydrogen (secondary N) is 1. The SMILES string of the molecule is CC(C)(O)CNCc1cc2ccccc2s1. The molecule has 0 aliphatic heterocycles. The fraction of sp³-hybridized carbons (Fsp3) is 0.385. The highest BCUT2D eigenvalue weighted by atomic mass is 32.1. The molecule has 1 heterocycles. The monoisotopic (exact) mass is 235 g/mol. The largest absolute Gasteiger partial charge is 0.389 e. The van der Waals surface area contributed by atoms with Gasteiger partial charge in [-0.15, -0.1) is 11.3 Å². The van der Waals surface area contributed by atoms with Crippen LogP contribution < -0.4 is 5.32 Å². The Hall–Kier alpha value is -0.900. The molecule has 0 saturated carbocycles. The topological polar surface area (TPSA) is 32.3 Å².